The summed E-state index contributed by atoms with van der Waals surface area (Å²) < 4.78 is 9.63. The predicted molar refractivity (Wildman–Crippen MR) is 32.6 cm³/mol. The SMILES string of the molecule is CC1COP([O-])OC1C. The molecule has 0 amide bonds. The Kier molecular flexibility index (Phi) is 2.42. The fourth-order valence-corrected chi connectivity index (χ4v) is 1.48. The third-order valence-corrected chi connectivity index (χ3v) is 2.36. The third-order valence-electron chi connectivity index (χ3n) is 1.50. The van der Waals surface area contributed by atoms with Gasteiger partial charge in [0.05, 0.1) is 21.3 Å². The van der Waals surface area contributed by atoms with Gasteiger partial charge in [-0.1, -0.05) is 6.92 Å². The molecule has 3 unspecified atom stereocenters. The van der Waals surface area contributed by atoms with Gasteiger partial charge in [0.1, 0.15) is 0 Å². The van der Waals surface area contributed by atoms with Crippen molar-refractivity contribution in [3.8, 4) is 0 Å². The van der Waals surface area contributed by atoms with E-state index in [0.717, 1.165) is 0 Å². The van der Waals surface area contributed by atoms with Crippen LogP contribution >= 0.6 is 8.60 Å². The minimum Gasteiger partial charge on any atom is -0.786 e. The molecule has 1 aliphatic heterocycles. The molecule has 1 rings (SSSR count). The fraction of sp³-hybridized carbons (Fsp3) is 1.00. The number of hydrogen-bond acceptors (Lipinski definition) is 3. The molecular formula is C5H10O3P-. The second-order valence-electron chi connectivity index (χ2n) is 2.31. The topological polar surface area (TPSA) is 41.5 Å². The average molecular weight is 149 g/mol. The molecule has 9 heavy (non-hydrogen) atoms. The second kappa shape index (κ2) is 2.93. The summed E-state index contributed by atoms with van der Waals surface area (Å²) in [5, 5.41) is 0. The van der Waals surface area contributed by atoms with E-state index in [1.807, 2.05) is 13.8 Å². The average Bonchev–Trinajstić information content (AvgIpc) is 1.80. The first-order valence-corrected chi connectivity index (χ1v) is 4.06. The maximum absolute atomic E-state index is 10.5. The largest absolute Gasteiger partial charge is 0.786 e. The Morgan fingerprint density at radius 2 is 2.22 bits per heavy atom. The van der Waals surface area contributed by atoms with Crippen LogP contribution in [0.25, 0.3) is 0 Å². The van der Waals surface area contributed by atoms with E-state index in [4.69, 9.17) is 9.05 Å². The summed E-state index contributed by atoms with van der Waals surface area (Å²) >= 11 is 0. The lowest BCUT2D eigenvalue weighted by Gasteiger charge is -2.35. The van der Waals surface area contributed by atoms with E-state index in [0.29, 0.717) is 12.5 Å². The molecule has 4 heteroatoms. The molecule has 0 bridgehead atoms. The highest BCUT2D eigenvalue weighted by molar-refractivity contribution is 7.39. The van der Waals surface area contributed by atoms with Crippen LogP contribution in [0.4, 0.5) is 0 Å². The first-order valence-electron chi connectivity index (χ1n) is 2.97. The van der Waals surface area contributed by atoms with Crippen molar-refractivity contribution in [3.63, 3.8) is 0 Å². The Bertz CT molecular complexity index is 98.2. The van der Waals surface area contributed by atoms with E-state index >= 15 is 0 Å². The lowest BCUT2D eigenvalue weighted by molar-refractivity contribution is -0.219. The summed E-state index contributed by atoms with van der Waals surface area (Å²) in [6.07, 6.45) is 0.0716. The van der Waals surface area contributed by atoms with Crippen molar-refractivity contribution >= 4 is 8.60 Å². The number of hydrogen-bond donors (Lipinski definition) is 0. The molecular weight excluding hydrogens is 139 g/mol. The van der Waals surface area contributed by atoms with Crippen molar-refractivity contribution in [1.82, 2.24) is 0 Å². The van der Waals surface area contributed by atoms with Gasteiger partial charge < -0.3 is 13.9 Å². The number of rotatable bonds is 0. The molecule has 0 spiro atoms. The van der Waals surface area contributed by atoms with Gasteiger partial charge in [-0.2, -0.15) is 0 Å². The van der Waals surface area contributed by atoms with E-state index < -0.39 is 8.60 Å². The van der Waals surface area contributed by atoms with E-state index in [-0.39, 0.29) is 6.10 Å². The van der Waals surface area contributed by atoms with Gasteiger partial charge in [-0.3, -0.25) is 0 Å². The molecule has 1 saturated heterocycles. The van der Waals surface area contributed by atoms with Crippen molar-refractivity contribution in [2.45, 2.75) is 20.0 Å². The Morgan fingerprint density at radius 1 is 1.56 bits per heavy atom. The molecule has 1 aliphatic rings. The zero-order valence-corrected chi connectivity index (χ0v) is 6.43. The summed E-state index contributed by atoms with van der Waals surface area (Å²) in [7, 11) is -1.81. The van der Waals surface area contributed by atoms with Crippen LogP contribution in [0.2, 0.25) is 0 Å². The monoisotopic (exact) mass is 149 g/mol. The fourth-order valence-electron chi connectivity index (χ4n) is 0.584. The molecule has 1 heterocycles. The molecule has 0 aromatic rings. The maximum Gasteiger partial charge on any atom is 0.0832 e. The van der Waals surface area contributed by atoms with Gasteiger partial charge in [-0.25, -0.2) is 0 Å². The first-order chi connectivity index (χ1) is 4.20. The van der Waals surface area contributed by atoms with Crippen molar-refractivity contribution in [2.75, 3.05) is 6.61 Å². The molecule has 0 aromatic heterocycles. The molecule has 0 saturated carbocycles. The highest BCUT2D eigenvalue weighted by Gasteiger charge is 2.19. The molecule has 3 atom stereocenters. The molecule has 1 fully saturated rings. The van der Waals surface area contributed by atoms with Crippen LogP contribution in [0.1, 0.15) is 13.8 Å². The highest BCUT2D eigenvalue weighted by atomic mass is 31.2. The van der Waals surface area contributed by atoms with Crippen molar-refractivity contribution in [1.29, 1.82) is 0 Å². The molecule has 0 N–H and O–H groups in total. The zero-order valence-electron chi connectivity index (χ0n) is 5.53. The second-order valence-corrected chi connectivity index (χ2v) is 3.22. The summed E-state index contributed by atoms with van der Waals surface area (Å²) in [4.78, 5) is 10.5. The van der Waals surface area contributed by atoms with Gasteiger partial charge in [-0.15, -0.1) is 0 Å². The van der Waals surface area contributed by atoms with Gasteiger partial charge in [0.2, 0.25) is 0 Å². The van der Waals surface area contributed by atoms with Crippen LogP contribution in [0.5, 0.6) is 0 Å². The van der Waals surface area contributed by atoms with Crippen LogP contribution in [-0.4, -0.2) is 12.7 Å². The lowest BCUT2D eigenvalue weighted by atomic mass is 10.1. The Balaban J connectivity index is 2.35. The summed E-state index contributed by atoms with van der Waals surface area (Å²) in [6.45, 7) is 4.46. The zero-order chi connectivity index (χ0) is 6.85. The van der Waals surface area contributed by atoms with Gasteiger partial charge in [-0.05, 0) is 6.92 Å². The van der Waals surface area contributed by atoms with Crippen molar-refractivity contribution in [2.24, 2.45) is 5.92 Å². The molecule has 3 nitrogen and oxygen atoms in total. The molecule has 0 radical (unpaired) electrons. The third kappa shape index (κ3) is 1.87. The predicted octanol–water partition coefficient (Wildman–Crippen LogP) is 0.645. The minimum atomic E-state index is -1.81. The molecule has 54 valence electrons. The minimum absolute atomic E-state index is 0.0716. The van der Waals surface area contributed by atoms with E-state index in [2.05, 4.69) is 0 Å². The summed E-state index contributed by atoms with van der Waals surface area (Å²) in [6, 6.07) is 0. The van der Waals surface area contributed by atoms with Gasteiger partial charge >= 0.3 is 0 Å². The quantitative estimate of drug-likeness (QED) is 0.475. The van der Waals surface area contributed by atoms with Gasteiger partial charge in [0, 0.05) is 5.92 Å². The Labute approximate surface area is 56.0 Å². The van der Waals surface area contributed by atoms with E-state index in [9.17, 15) is 4.89 Å². The molecule has 0 aromatic carbocycles. The lowest BCUT2D eigenvalue weighted by Crippen LogP contribution is -2.28. The normalized spacial score (nSPS) is 45.0. The van der Waals surface area contributed by atoms with Crippen LogP contribution in [0.3, 0.4) is 0 Å². The summed E-state index contributed by atoms with van der Waals surface area (Å²) in [5.74, 6) is 0.359. The van der Waals surface area contributed by atoms with Crippen LogP contribution in [0.15, 0.2) is 0 Å². The summed E-state index contributed by atoms with van der Waals surface area (Å²) in [5.41, 5.74) is 0. The van der Waals surface area contributed by atoms with Crippen LogP contribution < -0.4 is 4.89 Å². The standard InChI is InChI=1S/C5H10O3P/c1-4-3-7-9(6)8-5(4)2/h4-5H,3H2,1-2H3/q-1. The van der Waals surface area contributed by atoms with Crippen molar-refractivity contribution < 1.29 is 13.9 Å². The molecule has 0 aliphatic carbocycles. The van der Waals surface area contributed by atoms with Gasteiger partial charge in [0.15, 0.2) is 0 Å². The smallest absolute Gasteiger partial charge is 0.0832 e. The van der Waals surface area contributed by atoms with Crippen molar-refractivity contribution in [3.05, 3.63) is 0 Å². The highest BCUT2D eigenvalue weighted by Crippen LogP contribution is 2.37. The Hall–Kier alpha value is 0.310. The van der Waals surface area contributed by atoms with Crippen LogP contribution in [0, 0.1) is 5.92 Å². The van der Waals surface area contributed by atoms with Gasteiger partial charge in [0.25, 0.3) is 0 Å². The Morgan fingerprint density at radius 3 is 2.67 bits per heavy atom. The van der Waals surface area contributed by atoms with Crippen LogP contribution in [-0.2, 0) is 9.05 Å². The van der Waals surface area contributed by atoms with E-state index in [1.165, 1.54) is 0 Å². The maximum atomic E-state index is 10.5. The first kappa shape index (κ1) is 7.42. The van der Waals surface area contributed by atoms with E-state index in [1.54, 1.807) is 0 Å².